The van der Waals surface area contributed by atoms with Crippen LogP contribution in [-0.2, 0) is 4.79 Å². The van der Waals surface area contributed by atoms with Gasteiger partial charge in [-0.1, -0.05) is 13.0 Å². The average molecular weight is 342 g/mol. The molecule has 1 heterocycles. The van der Waals surface area contributed by atoms with Gasteiger partial charge in [-0.05, 0) is 50.3 Å². The third kappa shape index (κ3) is 5.48. The molecule has 1 atom stereocenters. The Balaban J connectivity index is 0.00000264. The summed E-state index contributed by atoms with van der Waals surface area (Å²) in [5.41, 5.74) is 1.34. The molecular formula is C16H24ClN3O3. The lowest BCUT2D eigenvalue weighted by atomic mass is 9.84. The van der Waals surface area contributed by atoms with Gasteiger partial charge in [0.15, 0.2) is 0 Å². The van der Waals surface area contributed by atoms with Crippen molar-refractivity contribution in [2.75, 3.05) is 18.4 Å². The molecule has 7 heteroatoms. The van der Waals surface area contributed by atoms with Crippen molar-refractivity contribution in [3.63, 3.8) is 0 Å². The summed E-state index contributed by atoms with van der Waals surface area (Å²) in [5.74, 6) is 0.814. The summed E-state index contributed by atoms with van der Waals surface area (Å²) >= 11 is 0. The molecule has 128 valence electrons. The van der Waals surface area contributed by atoms with E-state index in [-0.39, 0.29) is 24.0 Å². The highest BCUT2D eigenvalue weighted by Gasteiger charge is 2.22. The molecule has 1 unspecified atom stereocenters. The van der Waals surface area contributed by atoms with Crippen LogP contribution in [0.15, 0.2) is 18.2 Å². The maximum Gasteiger partial charge on any atom is 0.271 e. The van der Waals surface area contributed by atoms with Gasteiger partial charge in [0.2, 0.25) is 5.91 Å². The van der Waals surface area contributed by atoms with Gasteiger partial charge < -0.3 is 10.6 Å². The summed E-state index contributed by atoms with van der Waals surface area (Å²) in [6, 6.07) is 4.52. The number of carbonyl (C=O) groups is 1. The Kier molecular flexibility index (Phi) is 7.45. The Morgan fingerprint density at radius 1 is 1.43 bits per heavy atom. The number of hydrogen-bond acceptors (Lipinski definition) is 4. The number of piperidine rings is 1. The van der Waals surface area contributed by atoms with E-state index in [1.807, 2.05) is 6.92 Å². The molecule has 1 amide bonds. The van der Waals surface area contributed by atoms with Gasteiger partial charge in [0.25, 0.3) is 5.69 Å². The monoisotopic (exact) mass is 341 g/mol. The second kappa shape index (κ2) is 8.84. The van der Waals surface area contributed by atoms with Crippen molar-refractivity contribution in [2.24, 2.45) is 11.8 Å². The van der Waals surface area contributed by atoms with E-state index < -0.39 is 4.92 Å². The average Bonchev–Trinajstić information content (AvgIpc) is 2.50. The van der Waals surface area contributed by atoms with E-state index in [2.05, 4.69) is 17.6 Å². The van der Waals surface area contributed by atoms with Crippen molar-refractivity contribution in [3.8, 4) is 0 Å². The van der Waals surface area contributed by atoms with Crippen LogP contribution in [-0.4, -0.2) is 23.9 Å². The zero-order valence-corrected chi connectivity index (χ0v) is 14.3. The Hall–Kier alpha value is -1.66. The van der Waals surface area contributed by atoms with Gasteiger partial charge in [-0.3, -0.25) is 14.9 Å². The Bertz CT molecular complexity index is 560. The van der Waals surface area contributed by atoms with E-state index in [0.717, 1.165) is 31.5 Å². The standard InChI is InChI=1S/C16H23N3O3.ClH/c1-11-3-4-14(19(21)22)10-15(11)18-16(20)9-12(2)13-5-7-17-8-6-13;/h3-4,10,12-13,17H,5-9H2,1-2H3,(H,18,20);1H. The molecule has 0 aromatic heterocycles. The number of hydrogen-bond donors (Lipinski definition) is 2. The lowest BCUT2D eigenvalue weighted by Gasteiger charge is -2.27. The van der Waals surface area contributed by atoms with Crippen LogP contribution in [0.25, 0.3) is 0 Å². The Morgan fingerprint density at radius 3 is 2.70 bits per heavy atom. The van der Waals surface area contributed by atoms with Crippen LogP contribution in [0.1, 0.15) is 31.7 Å². The second-order valence-electron chi connectivity index (χ2n) is 6.07. The number of carbonyl (C=O) groups excluding carboxylic acids is 1. The fourth-order valence-electron chi connectivity index (χ4n) is 2.93. The minimum absolute atomic E-state index is 0. The fraction of sp³-hybridized carbons (Fsp3) is 0.562. The molecule has 0 aliphatic carbocycles. The number of non-ortho nitro benzene ring substituents is 1. The van der Waals surface area contributed by atoms with Gasteiger partial charge >= 0.3 is 0 Å². The molecule has 23 heavy (non-hydrogen) atoms. The molecule has 0 saturated carbocycles. The number of nitro benzene ring substituents is 1. The number of aryl methyl sites for hydroxylation is 1. The summed E-state index contributed by atoms with van der Waals surface area (Å²) in [6.07, 6.45) is 2.65. The first-order valence-corrected chi connectivity index (χ1v) is 7.73. The second-order valence-corrected chi connectivity index (χ2v) is 6.07. The summed E-state index contributed by atoms with van der Waals surface area (Å²) in [6.45, 7) is 5.96. The van der Waals surface area contributed by atoms with Crippen molar-refractivity contribution in [2.45, 2.75) is 33.1 Å². The fourth-order valence-corrected chi connectivity index (χ4v) is 2.93. The van der Waals surface area contributed by atoms with Gasteiger partial charge in [0, 0.05) is 18.6 Å². The van der Waals surface area contributed by atoms with Gasteiger partial charge in [-0.2, -0.15) is 0 Å². The number of nitro groups is 1. The molecule has 2 rings (SSSR count). The van der Waals surface area contributed by atoms with Crippen LogP contribution in [0.4, 0.5) is 11.4 Å². The van der Waals surface area contributed by atoms with Gasteiger partial charge in [-0.15, -0.1) is 12.4 Å². The minimum atomic E-state index is -0.452. The third-order valence-electron chi connectivity index (χ3n) is 4.40. The summed E-state index contributed by atoms with van der Waals surface area (Å²) < 4.78 is 0. The number of halogens is 1. The SMILES string of the molecule is Cc1ccc([N+](=O)[O-])cc1NC(=O)CC(C)C1CCNCC1.Cl. The molecule has 1 saturated heterocycles. The normalized spacial score (nSPS) is 16.3. The molecule has 0 bridgehead atoms. The van der Waals surface area contributed by atoms with E-state index >= 15 is 0 Å². The van der Waals surface area contributed by atoms with Gasteiger partial charge in [0.1, 0.15) is 0 Å². The van der Waals surface area contributed by atoms with Crippen LogP contribution >= 0.6 is 12.4 Å². The first-order chi connectivity index (χ1) is 10.5. The summed E-state index contributed by atoms with van der Waals surface area (Å²) in [7, 11) is 0. The first kappa shape index (κ1) is 19.4. The molecule has 1 aromatic rings. The smallest absolute Gasteiger partial charge is 0.271 e. The molecular weight excluding hydrogens is 318 g/mol. The molecule has 1 aliphatic heterocycles. The Labute approximate surface area is 142 Å². The zero-order valence-electron chi connectivity index (χ0n) is 13.5. The number of anilines is 1. The lowest BCUT2D eigenvalue weighted by molar-refractivity contribution is -0.384. The number of nitrogens with one attached hydrogen (secondary N) is 2. The highest BCUT2D eigenvalue weighted by atomic mass is 35.5. The van der Waals surface area contributed by atoms with Crippen LogP contribution in [0.3, 0.4) is 0 Å². The minimum Gasteiger partial charge on any atom is -0.326 e. The van der Waals surface area contributed by atoms with E-state index in [1.54, 1.807) is 6.07 Å². The topological polar surface area (TPSA) is 84.3 Å². The lowest BCUT2D eigenvalue weighted by Crippen LogP contribution is -2.32. The Morgan fingerprint density at radius 2 is 2.09 bits per heavy atom. The summed E-state index contributed by atoms with van der Waals surface area (Å²) in [5, 5.41) is 17.0. The number of benzene rings is 1. The maximum atomic E-state index is 12.2. The van der Waals surface area contributed by atoms with Crippen molar-refractivity contribution in [1.82, 2.24) is 5.32 Å². The predicted octanol–water partition coefficient (Wildman–Crippen LogP) is 3.29. The van der Waals surface area contributed by atoms with Gasteiger partial charge in [-0.25, -0.2) is 0 Å². The van der Waals surface area contributed by atoms with Gasteiger partial charge in [0.05, 0.1) is 10.6 Å². The molecule has 0 spiro atoms. The third-order valence-corrected chi connectivity index (χ3v) is 4.40. The highest BCUT2D eigenvalue weighted by Crippen LogP contribution is 2.26. The van der Waals surface area contributed by atoms with E-state index in [9.17, 15) is 14.9 Å². The maximum absolute atomic E-state index is 12.2. The molecule has 1 aromatic carbocycles. The van der Waals surface area contributed by atoms with E-state index in [0.29, 0.717) is 23.9 Å². The first-order valence-electron chi connectivity index (χ1n) is 7.73. The largest absolute Gasteiger partial charge is 0.326 e. The number of amides is 1. The number of rotatable bonds is 5. The van der Waals surface area contributed by atoms with Crippen molar-refractivity contribution < 1.29 is 9.72 Å². The van der Waals surface area contributed by atoms with E-state index in [4.69, 9.17) is 0 Å². The molecule has 1 fully saturated rings. The predicted molar refractivity (Wildman–Crippen MR) is 93.1 cm³/mol. The molecule has 6 nitrogen and oxygen atoms in total. The van der Waals surface area contributed by atoms with Crippen LogP contribution in [0.5, 0.6) is 0 Å². The van der Waals surface area contributed by atoms with Crippen molar-refractivity contribution in [3.05, 3.63) is 33.9 Å². The molecule has 2 N–H and O–H groups in total. The molecule has 0 radical (unpaired) electrons. The number of nitrogens with zero attached hydrogens (tertiary/aromatic N) is 1. The van der Waals surface area contributed by atoms with Crippen molar-refractivity contribution >= 4 is 29.7 Å². The quantitative estimate of drug-likeness (QED) is 0.635. The zero-order chi connectivity index (χ0) is 16.1. The van der Waals surface area contributed by atoms with Crippen LogP contribution in [0.2, 0.25) is 0 Å². The van der Waals surface area contributed by atoms with Crippen LogP contribution in [0, 0.1) is 28.9 Å². The van der Waals surface area contributed by atoms with Crippen LogP contribution < -0.4 is 10.6 Å². The molecule has 1 aliphatic rings. The van der Waals surface area contributed by atoms with E-state index in [1.165, 1.54) is 12.1 Å². The highest BCUT2D eigenvalue weighted by molar-refractivity contribution is 5.92. The summed E-state index contributed by atoms with van der Waals surface area (Å²) in [4.78, 5) is 22.6. The van der Waals surface area contributed by atoms with Crippen molar-refractivity contribution in [1.29, 1.82) is 0 Å².